The lowest BCUT2D eigenvalue weighted by atomic mass is 9.71. The molecule has 0 aliphatic carbocycles. The molecule has 29 heavy (non-hydrogen) atoms. The normalized spacial score (nSPS) is 19.3. The molecule has 5 heteroatoms. The van der Waals surface area contributed by atoms with E-state index in [4.69, 9.17) is 4.74 Å². The van der Waals surface area contributed by atoms with E-state index in [1.54, 1.807) is 19.2 Å². The van der Waals surface area contributed by atoms with Crippen molar-refractivity contribution in [2.45, 2.75) is 32.2 Å². The summed E-state index contributed by atoms with van der Waals surface area (Å²) in [6.07, 6.45) is 4.36. The Morgan fingerprint density at radius 1 is 1.00 bits per heavy atom. The van der Waals surface area contributed by atoms with Crippen LogP contribution in [0.25, 0.3) is 0 Å². The number of nitrogens with zero attached hydrogens (tertiary/aromatic N) is 2. The number of likely N-dealkylation sites (tertiary alicyclic amines) is 2. The van der Waals surface area contributed by atoms with Gasteiger partial charge in [-0.3, -0.25) is 9.69 Å². The quantitative estimate of drug-likeness (QED) is 0.770. The van der Waals surface area contributed by atoms with Crippen molar-refractivity contribution in [3.63, 3.8) is 0 Å². The molecule has 0 saturated carbocycles. The SMILES string of the molecule is COc1ccc(F)c(CN2CCC3(CC2)CCN(C(=O)c2ccccc2)CC3)c1. The predicted molar refractivity (Wildman–Crippen MR) is 111 cm³/mol. The number of halogens is 1. The predicted octanol–water partition coefficient (Wildman–Crippen LogP) is 4.35. The molecule has 2 aliphatic heterocycles. The van der Waals surface area contributed by atoms with Crippen LogP contribution in [0.4, 0.5) is 4.39 Å². The Morgan fingerprint density at radius 2 is 1.66 bits per heavy atom. The minimum absolute atomic E-state index is 0.145. The van der Waals surface area contributed by atoms with Crippen LogP contribution in [0.3, 0.4) is 0 Å². The number of ether oxygens (including phenoxy) is 1. The van der Waals surface area contributed by atoms with Gasteiger partial charge in [0.2, 0.25) is 0 Å². The second-order valence-corrected chi connectivity index (χ2v) is 8.39. The molecule has 2 saturated heterocycles. The summed E-state index contributed by atoms with van der Waals surface area (Å²) < 4.78 is 19.4. The summed E-state index contributed by atoms with van der Waals surface area (Å²) in [4.78, 5) is 17.0. The summed E-state index contributed by atoms with van der Waals surface area (Å²) in [5.41, 5.74) is 1.80. The highest BCUT2D eigenvalue weighted by Gasteiger charge is 2.38. The van der Waals surface area contributed by atoms with Gasteiger partial charge in [-0.05, 0) is 74.5 Å². The van der Waals surface area contributed by atoms with Gasteiger partial charge >= 0.3 is 0 Å². The van der Waals surface area contributed by atoms with Gasteiger partial charge in [-0.1, -0.05) is 18.2 Å². The minimum atomic E-state index is -0.168. The van der Waals surface area contributed by atoms with E-state index in [-0.39, 0.29) is 11.7 Å². The fraction of sp³-hybridized carbons (Fsp3) is 0.458. The number of methoxy groups -OCH3 is 1. The number of amides is 1. The van der Waals surface area contributed by atoms with E-state index in [0.29, 0.717) is 23.3 Å². The molecule has 4 rings (SSSR count). The van der Waals surface area contributed by atoms with Crippen LogP contribution in [0.2, 0.25) is 0 Å². The van der Waals surface area contributed by atoms with Gasteiger partial charge in [0.05, 0.1) is 7.11 Å². The maximum Gasteiger partial charge on any atom is 0.253 e. The molecule has 0 bridgehead atoms. The van der Waals surface area contributed by atoms with E-state index < -0.39 is 0 Å². The highest BCUT2D eigenvalue weighted by molar-refractivity contribution is 5.94. The lowest BCUT2D eigenvalue weighted by molar-refractivity contribution is 0.0283. The molecule has 2 fully saturated rings. The van der Waals surface area contributed by atoms with Gasteiger partial charge in [0.25, 0.3) is 5.91 Å². The summed E-state index contributed by atoms with van der Waals surface area (Å²) in [5, 5.41) is 0. The highest BCUT2D eigenvalue weighted by Crippen LogP contribution is 2.41. The van der Waals surface area contributed by atoms with Crippen LogP contribution in [0, 0.1) is 11.2 Å². The van der Waals surface area contributed by atoms with E-state index >= 15 is 0 Å². The summed E-state index contributed by atoms with van der Waals surface area (Å²) in [6, 6.07) is 14.5. The molecule has 2 heterocycles. The van der Waals surface area contributed by atoms with Crippen molar-refractivity contribution in [1.82, 2.24) is 9.80 Å². The van der Waals surface area contributed by atoms with Crippen molar-refractivity contribution >= 4 is 5.91 Å². The number of benzene rings is 2. The molecular formula is C24H29FN2O2. The molecule has 0 radical (unpaired) electrons. The average molecular weight is 397 g/mol. The van der Waals surface area contributed by atoms with Gasteiger partial charge in [-0.2, -0.15) is 0 Å². The van der Waals surface area contributed by atoms with Gasteiger partial charge in [-0.15, -0.1) is 0 Å². The monoisotopic (exact) mass is 396 g/mol. The lowest BCUT2D eigenvalue weighted by Gasteiger charge is -2.47. The van der Waals surface area contributed by atoms with Crippen molar-refractivity contribution in [2.75, 3.05) is 33.3 Å². The lowest BCUT2D eigenvalue weighted by Crippen LogP contribution is -2.48. The molecule has 1 amide bonds. The second-order valence-electron chi connectivity index (χ2n) is 8.39. The van der Waals surface area contributed by atoms with Crippen molar-refractivity contribution in [3.8, 4) is 5.75 Å². The third-order valence-corrected chi connectivity index (χ3v) is 6.70. The zero-order valence-corrected chi connectivity index (χ0v) is 17.1. The summed E-state index contributed by atoms with van der Waals surface area (Å²) in [5.74, 6) is 0.676. The molecule has 154 valence electrons. The minimum Gasteiger partial charge on any atom is -0.497 e. The van der Waals surface area contributed by atoms with Gasteiger partial charge in [-0.25, -0.2) is 4.39 Å². The van der Waals surface area contributed by atoms with Gasteiger partial charge < -0.3 is 9.64 Å². The fourth-order valence-corrected chi connectivity index (χ4v) is 4.67. The van der Waals surface area contributed by atoms with Crippen molar-refractivity contribution < 1.29 is 13.9 Å². The van der Waals surface area contributed by atoms with E-state index in [2.05, 4.69) is 4.90 Å². The van der Waals surface area contributed by atoms with Gasteiger partial charge in [0.15, 0.2) is 0 Å². The van der Waals surface area contributed by atoms with Crippen molar-refractivity contribution in [3.05, 3.63) is 65.5 Å². The fourth-order valence-electron chi connectivity index (χ4n) is 4.67. The van der Waals surface area contributed by atoms with E-state index in [1.807, 2.05) is 35.2 Å². The molecule has 0 N–H and O–H groups in total. The van der Waals surface area contributed by atoms with Crippen LogP contribution >= 0.6 is 0 Å². The Hall–Kier alpha value is -2.40. The Balaban J connectivity index is 1.30. The largest absolute Gasteiger partial charge is 0.497 e. The number of piperidine rings is 2. The second kappa shape index (κ2) is 8.54. The first-order valence-corrected chi connectivity index (χ1v) is 10.5. The molecule has 2 aromatic rings. The van der Waals surface area contributed by atoms with Crippen LogP contribution in [0.15, 0.2) is 48.5 Å². The molecule has 2 aromatic carbocycles. The standard InChI is InChI=1S/C24H29FN2O2/c1-29-21-7-8-22(25)20(17-21)18-26-13-9-24(10-14-26)11-15-27(16-12-24)23(28)19-5-3-2-4-6-19/h2-8,17H,9-16,18H2,1H3. The first-order valence-electron chi connectivity index (χ1n) is 10.5. The Bertz CT molecular complexity index is 837. The third-order valence-electron chi connectivity index (χ3n) is 6.70. The number of carbonyl (C=O) groups is 1. The Labute approximate surface area is 172 Å². The Morgan fingerprint density at radius 3 is 2.31 bits per heavy atom. The van der Waals surface area contributed by atoms with E-state index in [0.717, 1.165) is 57.4 Å². The van der Waals surface area contributed by atoms with Crippen LogP contribution in [-0.4, -0.2) is 49.0 Å². The average Bonchev–Trinajstić information content (AvgIpc) is 2.77. The molecule has 0 unspecified atom stereocenters. The molecule has 1 spiro atoms. The number of carbonyl (C=O) groups excluding carboxylic acids is 1. The third kappa shape index (κ3) is 4.45. The van der Waals surface area contributed by atoms with Gasteiger partial charge in [0.1, 0.15) is 11.6 Å². The number of rotatable bonds is 4. The first kappa shape index (κ1) is 19.9. The first-order chi connectivity index (χ1) is 14.1. The van der Waals surface area contributed by atoms with Crippen LogP contribution in [-0.2, 0) is 6.54 Å². The Kier molecular flexibility index (Phi) is 5.86. The molecular weight excluding hydrogens is 367 g/mol. The van der Waals surface area contributed by atoms with E-state index in [1.165, 1.54) is 6.07 Å². The molecule has 2 aliphatic rings. The molecule has 4 nitrogen and oxygen atoms in total. The van der Waals surface area contributed by atoms with Crippen LogP contribution in [0.5, 0.6) is 5.75 Å². The topological polar surface area (TPSA) is 32.8 Å². The zero-order chi connectivity index (χ0) is 20.3. The van der Waals surface area contributed by atoms with E-state index in [9.17, 15) is 9.18 Å². The maximum atomic E-state index is 14.1. The highest BCUT2D eigenvalue weighted by atomic mass is 19.1. The summed E-state index contributed by atoms with van der Waals surface area (Å²) in [6.45, 7) is 4.24. The smallest absolute Gasteiger partial charge is 0.253 e. The summed E-state index contributed by atoms with van der Waals surface area (Å²) >= 11 is 0. The number of hydrogen-bond acceptors (Lipinski definition) is 3. The summed E-state index contributed by atoms with van der Waals surface area (Å²) in [7, 11) is 1.61. The maximum absolute atomic E-state index is 14.1. The zero-order valence-electron chi connectivity index (χ0n) is 17.1. The van der Waals surface area contributed by atoms with Crippen molar-refractivity contribution in [2.24, 2.45) is 5.41 Å². The van der Waals surface area contributed by atoms with Crippen LogP contribution < -0.4 is 4.74 Å². The van der Waals surface area contributed by atoms with Crippen LogP contribution in [0.1, 0.15) is 41.6 Å². The number of hydrogen-bond donors (Lipinski definition) is 0. The van der Waals surface area contributed by atoms with Crippen molar-refractivity contribution in [1.29, 1.82) is 0 Å². The molecule has 0 aromatic heterocycles. The molecule has 0 atom stereocenters. The van der Waals surface area contributed by atoms with Gasteiger partial charge in [0, 0.05) is 30.8 Å².